The Morgan fingerprint density at radius 2 is 2.14 bits per heavy atom. The van der Waals surface area contributed by atoms with Crippen LogP contribution in [0, 0.1) is 0 Å². The maximum atomic E-state index is 12.0. The van der Waals surface area contributed by atoms with Gasteiger partial charge in [0.2, 0.25) is 5.91 Å². The van der Waals surface area contributed by atoms with E-state index in [0.29, 0.717) is 41.8 Å². The third-order valence-corrected chi connectivity index (χ3v) is 3.94. The molecule has 1 amide bonds. The highest BCUT2D eigenvalue weighted by Crippen LogP contribution is 2.29. The monoisotopic (exact) mass is 332 g/mol. The molecule has 0 saturated carbocycles. The van der Waals surface area contributed by atoms with Crippen LogP contribution in [0.3, 0.4) is 0 Å². The largest absolute Gasteiger partial charge is 0.394 e. The van der Waals surface area contributed by atoms with Crippen molar-refractivity contribution in [3.05, 3.63) is 28.2 Å². The number of rotatable bonds is 5. The van der Waals surface area contributed by atoms with Gasteiger partial charge in [-0.1, -0.05) is 29.3 Å². The molecule has 1 fully saturated rings. The number of anilines is 1. The molecule has 1 saturated heterocycles. The molecule has 1 aromatic rings. The Labute approximate surface area is 133 Å². The molecule has 7 heteroatoms. The third-order valence-electron chi connectivity index (χ3n) is 3.31. The number of benzene rings is 1. The van der Waals surface area contributed by atoms with Crippen LogP contribution in [0.1, 0.15) is 6.42 Å². The number of carbonyl (C=O) groups is 1. The molecule has 1 aliphatic heterocycles. The number of halogens is 2. The number of carbonyl (C=O) groups excluding carboxylic acids is 1. The summed E-state index contributed by atoms with van der Waals surface area (Å²) in [5.74, 6) is -0.142. The number of nitrogens with one attached hydrogen (secondary N) is 1. The lowest BCUT2D eigenvalue weighted by Crippen LogP contribution is -2.44. The Bertz CT molecular complexity index is 479. The van der Waals surface area contributed by atoms with Gasteiger partial charge in [-0.15, -0.1) is 0 Å². The standard InChI is InChI=1S/C14H18Cl2N2O3/c15-11-2-1-3-12(16)14(11)17-13(20)4-5-18-6-7-21-10(8-18)9-19/h1-3,10,19H,4-9H2,(H,17,20). The molecule has 21 heavy (non-hydrogen) atoms. The second-order valence-corrected chi connectivity index (χ2v) is 5.69. The number of morpholine rings is 1. The number of hydrogen-bond acceptors (Lipinski definition) is 4. The summed E-state index contributed by atoms with van der Waals surface area (Å²) in [5.41, 5.74) is 0.445. The summed E-state index contributed by atoms with van der Waals surface area (Å²) in [6, 6.07) is 5.08. The van der Waals surface area contributed by atoms with Gasteiger partial charge in [-0.25, -0.2) is 0 Å². The average Bonchev–Trinajstić information content (AvgIpc) is 2.49. The van der Waals surface area contributed by atoms with E-state index in [2.05, 4.69) is 10.2 Å². The van der Waals surface area contributed by atoms with E-state index in [-0.39, 0.29) is 18.6 Å². The van der Waals surface area contributed by atoms with Crippen LogP contribution in [0.2, 0.25) is 10.0 Å². The number of amides is 1. The molecule has 116 valence electrons. The Morgan fingerprint density at radius 1 is 1.43 bits per heavy atom. The SMILES string of the molecule is O=C(CCN1CCOC(CO)C1)Nc1c(Cl)cccc1Cl. The Balaban J connectivity index is 1.82. The molecular weight excluding hydrogens is 315 g/mol. The molecule has 2 N–H and O–H groups in total. The van der Waals surface area contributed by atoms with Crippen LogP contribution in [0.4, 0.5) is 5.69 Å². The van der Waals surface area contributed by atoms with Crippen LogP contribution >= 0.6 is 23.2 Å². The fraction of sp³-hybridized carbons (Fsp3) is 0.500. The van der Waals surface area contributed by atoms with Crippen LogP contribution in [-0.2, 0) is 9.53 Å². The normalized spacial score (nSPS) is 19.5. The van der Waals surface area contributed by atoms with E-state index in [4.69, 9.17) is 33.0 Å². The molecule has 1 aliphatic rings. The first-order chi connectivity index (χ1) is 10.1. The summed E-state index contributed by atoms with van der Waals surface area (Å²) in [4.78, 5) is 14.1. The van der Waals surface area contributed by atoms with Gasteiger partial charge in [0.05, 0.1) is 35.1 Å². The highest BCUT2D eigenvalue weighted by Gasteiger charge is 2.20. The van der Waals surface area contributed by atoms with Gasteiger partial charge >= 0.3 is 0 Å². The summed E-state index contributed by atoms with van der Waals surface area (Å²) in [5, 5.41) is 12.7. The minimum absolute atomic E-state index is 0.00206. The van der Waals surface area contributed by atoms with Crippen molar-refractivity contribution in [3.8, 4) is 0 Å². The summed E-state index contributed by atoms with van der Waals surface area (Å²) in [7, 11) is 0. The molecular formula is C14H18Cl2N2O3. The third kappa shape index (κ3) is 4.83. The molecule has 5 nitrogen and oxygen atoms in total. The van der Waals surface area contributed by atoms with Crippen molar-refractivity contribution in [2.45, 2.75) is 12.5 Å². The summed E-state index contributed by atoms with van der Waals surface area (Å²) < 4.78 is 5.36. The number of ether oxygens (including phenoxy) is 1. The van der Waals surface area contributed by atoms with Crippen molar-refractivity contribution in [2.24, 2.45) is 0 Å². The first-order valence-electron chi connectivity index (χ1n) is 6.79. The molecule has 2 rings (SSSR count). The Hall–Kier alpha value is -0.850. The van der Waals surface area contributed by atoms with Crippen molar-refractivity contribution in [1.82, 2.24) is 4.90 Å². The summed E-state index contributed by atoms with van der Waals surface area (Å²) >= 11 is 12.0. The number of nitrogens with zero attached hydrogens (tertiary/aromatic N) is 1. The molecule has 0 bridgehead atoms. The van der Waals surface area contributed by atoms with E-state index < -0.39 is 0 Å². The fourth-order valence-corrected chi connectivity index (χ4v) is 2.66. The van der Waals surface area contributed by atoms with Gasteiger partial charge in [0, 0.05) is 26.1 Å². The lowest BCUT2D eigenvalue weighted by molar-refractivity contribution is -0.117. The molecule has 0 aromatic heterocycles. The van der Waals surface area contributed by atoms with E-state index in [1.165, 1.54) is 0 Å². The number of hydrogen-bond donors (Lipinski definition) is 2. The number of aliphatic hydroxyl groups excluding tert-OH is 1. The predicted octanol–water partition coefficient (Wildman–Crippen LogP) is 2.02. The van der Waals surface area contributed by atoms with Crippen molar-refractivity contribution in [2.75, 3.05) is 38.2 Å². The molecule has 1 heterocycles. The smallest absolute Gasteiger partial charge is 0.225 e. The molecule has 1 aromatic carbocycles. The Morgan fingerprint density at radius 3 is 2.81 bits per heavy atom. The maximum Gasteiger partial charge on any atom is 0.225 e. The van der Waals surface area contributed by atoms with E-state index in [1.807, 2.05) is 0 Å². The molecule has 0 spiro atoms. The highest BCUT2D eigenvalue weighted by molar-refractivity contribution is 6.39. The van der Waals surface area contributed by atoms with Crippen molar-refractivity contribution in [3.63, 3.8) is 0 Å². The molecule has 1 unspecified atom stereocenters. The van der Waals surface area contributed by atoms with Crippen LogP contribution < -0.4 is 5.32 Å². The topological polar surface area (TPSA) is 61.8 Å². The van der Waals surface area contributed by atoms with Crippen molar-refractivity contribution < 1.29 is 14.6 Å². The zero-order valence-corrected chi connectivity index (χ0v) is 13.0. The zero-order valence-electron chi connectivity index (χ0n) is 11.5. The van der Waals surface area contributed by atoms with E-state index in [9.17, 15) is 4.79 Å². The average molecular weight is 333 g/mol. The Kier molecular flexibility index (Phi) is 6.26. The van der Waals surface area contributed by atoms with E-state index in [1.54, 1.807) is 18.2 Å². The number of aliphatic hydroxyl groups is 1. The second-order valence-electron chi connectivity index (χ2n) is 4.87. The zero-order chi connectivity index (χ0) is 15.2. The van der Waals surface area contributed by atoms with Gasteiger partial charge in [-0.3, -0.25) is 9.69 Å². The first kappa shape index (κ1) is 16.5. The molecule has 0 aliphatic carbocycles. The van der Waals surface area contributed by atoms with Gasteiger partial charge < -0.3 is 15.2 Å². The lowest BCUT2D eigenvalue weighted by Gasteiger charge is -2.31. The van der Waals surface area contributed by atoms with Crippen LogP contribution in [0.15, 0.2) is 18.2 Å². The van der Waals surface area contributed by atoms with Crippen LogP contribution in [0.25, 0.3) is 0 Å². The van der Waals surface area contributed by atoms with Gasteiger partial charge in [0.1, 0.15) is 0 Å². The van der Waals surface area contributed by atoms with Crippen molar-refractivity contribution >= 4 is 34.8 Å². The minimum Gasteiger partial charge on any atom is -0.394 e. The van der Waals surface area contributed by atoms with E-state index in [0.717, 1.165) is 6.54 Å². The quantitative estimate of drug-likeness (QED) is 0.865. The van der Waals surface area contributed by atoms with E-state index >= 15 is 0 Å². The van der Waals surface area contributed by atoms with Gasteiger partial charge in [0.25, 0.3) is 0 Å². The lowest BCUT2D eigenvalue weighted by atomic mass is 10.2. The second kappa shape index (κ2) is 7.96. The molecule has 0 radical (unpaired) electrons. The maximum absolute atomic E-state index is 12.0. The fourth-order valence-electron chi connectivity index (χ4n) is 2.17. The summed E-state index contributed by atoms with van der Waals surface area (Å²) in [6.45, 7) is 2.57. The minimum atomic E-state index is -0.167. The van der Waals surface area contributed by atoms with Crippen LogP contribution in [0.5, 0.6) is 0 Å². The van der Waals surface area contributed by atoms with Crippen molar-refractivity contribution in [1.29, 1.82) is 0 Å². The van der Waals surface area contributed by atoms with Gasteiger partial charge in [-0.2, -0.15) is 0 Å². The van der Waals surface area contributed by atoms with Gasteiger partial charge in [0.15, 0.2) is 0 Å². The highest BCUT2D eigenvalue weighted by atomic mass is 35.5. The predicted molar refractivity (Wildman–Crippen MR) is 83.0 cm³/mol. The summed E-state index contributed by atoms with van der Waals surface area (Å²) in [6.07, 6.45) is 0.166. The first-order valence-corrected chi connectivity index (χ1v) is 7.54. The number of para-hydroxylation sites is 1. The molecule has 1 atom stereocenters. The van der Waals surface area contributed by atoms with Gasteiger partial charge in [-0.05, 0) is 12.1 Å². The van der Waals surface area contributed by atoms with Crippen LogP contribution in [-0.4, -0.2) is 54.9 Å².